The van der Waals surface area contributed by atoms with Gasteiger partial charge in [0, 0.05) is 12.5 Å². The summed E-state index contributed by atoms with van der Waals surface area (Å²) in [5.74, 6) is 1.31. The summed E-state index contributed by atoms with van der Waals surface area (Å²) < 4.78 is 2.14. The van der Waals surface area contributed by atoms with Crippen LogP contribution in [0, 0.1) is 0 Å². The molecule has 1 aromatic heterocycles. The van der Waals surface area contributed by atoms with Crippen LogP contribution in [0.4, 0.5) is 0 Å². The van der Waals surface area contributed by atoms with E-state index in [1.807, 2.05) is 6.33 Å². The lowest BCUT2D eigenvalue weighted by Crippen LogP contribution is -1.98. The van der Waals surface area contributed by atoms with E-state index in [4.69, 9.17) is 11.6 Å². The van der Waals surface area contributed by atoms with Gasteiger partial charge in [0.1, 0.15) is 0 Å². The second kappa shape index (κ2) is 3.09. The smallest absolute Gasteiger partial charge is 0.0952 e. The molecule has 1 fully saturated rings. The minimum absolute atomic E-state index is 0.597. The maximum Gasteiger partial charge on any atom is 0.0952 e. The Morgan fingerprint density at radius 3 is 2.92 bits per heavy atom. The van der Waals surface area contributed by atoms with E-state index in [9.17, 15) is 0 Å². The van der Waals surface area contributed by atoms with Crippen molar-refractivity contribution >= 4 is 11.6 Å². The van der Waals surface area contributed by atoms with E-state index in [0.29, 0.717) is 11.8 Å². The third-order valence-corrected chi connectivity index (χ3v) is 2.66. The van der Waals surface area contributed by atoms with Crippen LogP contribution in [-0.2, 0) is 12.4 Å². The highest BCUT2D eigenvalue weighted by molar-refractivity contribution is 6.17. The van der Waals surface area contributed by atoms with Gasteiger partial charge in [-0.25, -0.2) is 4.98 Å². The van der Waals surface area contributed by atoms with Crippen LogP contribution in [0.1, 0.15) is 37.1 Å². The van der Waals surface area contributed by atoms with Gasteiger partial charge in [0.2, 0.25) is 0 Å². The third kappa shape index (κ3) is 1.24. The van der Waals surface area contributed by atoms with Crippen LogP contribution < -0.4 is 0 Å². The molecule has 0 spiro atoms. The number of aryl methyl sites for hydroxylation is 1. The Kier molecular flexibility index (Phi) is 2.09. The SMILES string of the molecule is CCn1cnc(C2CC2)c1CCl. The fourth-order valence-corrected chi connectivity index (χ4v) is 1.83. The Morgan fingerprint density at radius 1 is 1.67 bits per heavy atom. The molecule has 0 saturated heterocycles. The van der Waals surface area contributed by atoms with Crippen LogP contribution in [0.3, 0.4) is 0 Å². The zero-order valence-electron chi connectivity index (χ0n) is 7.26. The Morgan fingerprint density at radius 2 is 2.42 bits per heavy atom. The van der Waals surface area contributed by atoms with Crippen LogP contribution in [0.15, 0.2) is 6.33 Å². The molecule has 66 valence electrons. The van der Waals surface area contributed by atoms with Crippen LogP contribution >= 0.6 is 11.6 Å². The Balaban J connectivity index is 2.33. The fourth-order valence-electron chi connectivity index (χ4n) is 1.54. The minimum Gasteiger partial charge on any atom is -0.334 e. The maximum absolute atomic E-state index is 5.87. The van der Waals surface area contributed by atoms with Gasteiger partial charge >= 0.3 is 0 Å². The molecule has 0 bridgehead atoms. The largest absolute Gasteiger partial charge is 0.334 e. The van der Waals surface area contributed by atoms with Crippen molar-refractivity contribution in [3.05, 3.63) is 17.7 Å². The fraction of sp³-hybridized carbons (Fsp3) is 0.667. The lowest BCUT2D eigenvalue weighted by Gasteiger charge is -2.02. The van der Waals surface area contributed by atoms with Crippen molar-refractivity contribution in [2.75, 3.05) is 0 Å². The van der Waals surface area contributed by atoms with Gasteiger partial charge in [-0.1, -0.05) is 0 Å². The van der Waals surface area contributed by atoms with E-state index in [-0.39, 0.29) is 0 Å². The topological polar surface area (TPSA) is 17.8 Å². The molecule has 0 atom stereocenters. The van der Waals surface area contributed by atoms with Gasteiger partial charge in [0.05, 0.1) is 23.6 Å². The molecule has 3 heteroatoms. The number of halogens is 1. The highest BCUT2D eigenvalue weighted by Crippen LogP contribution is 2.41. The van der Waals surface area contributed by atoms with E-state index >= 15 is 0 Å². The van der Waals surface area contributed by atoms with E-state index in [0.717, 1.165) is 6.54 Å². The summed E-state index contributed by atoms with van der Waals surface area (Å²) >= 11 is 5.87. The highest BCUT2D eigenvalue weighted by atomic mass is 35.5. The first-order valence-electron chi connectivity index (χ1n) is 4.46. The van der Waals surface area contributed by atoms with Gasteiger partial charge in [0.25, 0.3) is 0 Å². The number of hydrogen-bond donors (Lipinski definition) is 0. The first-order chi connectivity index (χ1) is 5.86. The average Bonchev–Trinajstić information content (AvgIpc) is 2.85. The van der Waals surface area contributed by atoms with Crippen molar-refractivity contribution in [2.45, 2.75) is 38.1 Å². The molecule has 0 unspecified atom stereocenters. The number of alkyl halides is 1. The number of rotatable bonds is 3. The van der Waals surface area contributed by atoms with E-state index in [2.05, 4.69) is 16.5 Å². The lowest BCUT2D eigenvalue weighted by molar-refractivity contribution is 0.729. The van der Waals surface area contributed by atoms with Gasteiger partial charge in [-0.15, -0.1) is 11.6 Å². The maximum atomic E-state index is 5.87. The molecule has 1 heterocycles. The third-order valence-electron chi connectivity index (χ3n) is 2.41. The zero-order chi connectivity index (χ0) is 8.55. The molecule has 1 saturated carbocycles. The molecule has 1 aliphatic rings. The molecule has 1 aromatic rings. The Labute approximate surface area is 77.6 Å². The molecular formula is C9H13ClN2. The average molecular weight is 185 g/mol. The summed E-state index contributed by atoms with van der Waals surface area (Å²) in [5.41, 5.74) is 2.47. The molecule has 0 aliphatic heterocycles. The second-order valence-corrected chi connectivity index (χ2v) is 3.54. The molecule has 0 radical (unpaired) electrons. The summed E-state index contributed by atoms with van der Waals surface area (Å²) in [4.78, 5) is 4.40. The van der Waals surface area contributed by atoms with Gasteiger partial charge < -0.3 is 4.57 Å². The number of hydrogen-bond acceptors (Lipinski definition) is 1. The van der Waals surface area contributed by atoms with Gasteiger partial charge in [-0.2, -0.15) is 0 Å². The summed E-state index contributed by atoms with van der Waals surface area (Å²) in [5, 5.41) is 0. The molecule has 0 amide bonds. The Hall–Kier alpha value is -0.500. The van der Waals surface area contributed by atoms with Gasteiger partial charge in [0.15, 0.2) is 0 Å². The number of imidazole rings is 1. The van der Waals surface area contributed by atoms with Crippen LogP contribution in [0.25, 0.3) is 0 Å². The second-order valence-electron chi connectivity index (χ2n) is 3.27. The van der Waals surface area contributed by atoms with E-state index in [1.165, 1.54) is 24.2 Å². The van der Waals surface area contributed by atoms with Crippen molar-refractivity contribution < 1.29 is 0 Å². The van der Waals surface area contributed by atoms with Gasteiger partial charge in [-0.05, 0) is 19.8 Å². The van der Waals surface area contributed by atoms with Crippen LogP contribution in [0.5, 0.6) is 0 Å². The quantitative estimate of drug-likeness (QED) is 0.661. The molecule has 2 rings (SSSR count). The standard InChI is InChI=1S/C9H13ClN2/c1-2-12-6-11-9(7-3-4-7)8(12)5-10/h6-7H,2-5H2,1H3. The number of aromatic nitrogens is 2. The predicted molar refractivity (Wildman–Crippen MR) is 49.4 cm³/mol. The molecule has 0 N–H and O–H groups in total. The Bertz CT molecular complexity index is 276. The zero-order valence-corrected chi connectivity index (χ0v) is 8.01. The lowest BCUT2D eigenvalue weighted by atomic mass is 10.2. The van der Waals surface area contributed by atoms with Crippen molar-refractivity contribution in [2.24, 2.45) is 0 Å². The number of nitrogens with zero attached hydrogens (tertiary/aromatic N) is 2. The molecule has 12 heavy (non-hydrogen) atoms. The van der Waals surface area contributed by atoms with Crippen molar-refractivity contribution in [1.82, 2.24) is 9.55 Å². The first-order valence-corrected chi connectivity index (χ1v) is 5.00. The molecule has 0 aromatic carbocycles. The molecule has 1 aliphatic carbocycles. The van der Waals surface area contributed by atoms with E-state index in [1.54, 1.807) is 0 Å². The van der Waals surface area contributed by atoms with Crippen LogP contribution in [0.2, 0.25) is 0 Å². The predicted octanol–water partition coefficient (Wildman–Crippen LogP) is 2.52. The summed E-state index contributed by atoms with van der Waals surface area (Å²) in [6, 6.07) is 0. The minimum atomic E-state index is 0.597. The van der Waals surface area contributed by atoms with Crippen molar-refractivity contribution in [3.8, 4) is 0 Å². The van der Waals surface area contributed by atoms with Crippen LogP contribution in [-0.4, -0.2) is 9.55 Å². The monoisotopic (exact) mass is 184 g/mol. The summed E-state index contributed by atoms with van der Waals surface area (Å²) in [6.07, 6.45) is 4.50. The summed E-state index contributed by atoms with van der Waals surface area (Å²) in [6.45, 7) is 3.09. The molecular weight excluding hydrogens is 172 g/mol. The molecule has 2 nitrogen and oxygen atoms in total. The van der Waals surface area contributed by atoms with Crippen molar-refractivity contribution in [1.29, 1.82) is 0 Å². The highest BCUT2D eigenvalue weighted by Gasteiger charge is 2.28. The summed E-state index contributed by atoms with van der Waals surface area (Å²) in [7, 11) is 0. The van der Waals surface area contributed by atoms with Gasteiger partial charge in [-0.3, -0.25) is 0 Å². The normalized spacial score (nSPS) is 16.8. The first kappa shape index (κ1) is 8.11. The van der Waals surface area contributed by atoms with E-state index < -0.39 is 0 Å². The van der Waals surface area contributed by atoms with Crippen molar-refractivity contribution in [3.63, 3.8) is 0 Å².